The van der Waals surface area contributed by atoms with Gasteiger partial charge in [-0.2, -0.15) is 8.78 Å². The molecule has 4 nitrogen and oxygen atoms in total. The number of hydrogen-bond donors (Lipinski definition) is 1. The standard InChI is InChI=1S/C15H22F2N2O2.ClH/c1-20-14-8-11(5-6-13(14)21-15(16)17)10-19-7-3-2-4-12(19)9-18;/h5-6,8,12,15H,2-4,7,9-10,18H2,1H3;1H. The first-order valence-electron chi connectivity index (χ1n) is 7.20. The van der Waals surface area contributed by atoms with Crippen molar-refractivity contribution in [1.29, 1.82) is 0 Å². The van der Waals surface area contributed by atoms with Crippen molar-refractivity contribution in [2.75, 3.05) is 20.2 Å². The first-order valence-corrected chi connectivity index (χ1v) is 7.20. The molecule has 0 aromatic heterocycles. The SMILES string of the molecule is COc1cc(CN2CCCCC2CN)ccc1OC(F)F.Cl. The maximum atomic E-state index is 12.3. The Kier molecular flexibility index (Phi) is 7.85. The summed E-state index contributed by atoms with van der Waals surface area (Å²) in [6.07, 6.45) is 3.49. The number of ether oxygens (including phenoxy) is 2. The zero-order valence-corrected chi connectivity index (χ0v) is 13.5. The van der Waals surface area contributed by atoms with Crippen LogP contribution in [0.15, 0.2) is 18.2 Å². The molecule has 7 heteroatoms. The Labute approximate surface area is 136 Å². The van der Waals surface area contributed by atoms with E-state index in [1.54, 1.807) is 12.1 Å². The van der Waals surface area contributed by atoms with Gasteiger partial charge >= 0.3 is 6.61 Å². The summed E-state index contributed by atoms with van der Waals surface area (Å²) in [5.41, 5.74) is 6.82. The summed E-state index contributed by atoms with van der Waals surface area (Å²) in [4.78, 5) is 2.34. The highest BCUT2D eigenvalue weighted by Crippen LogP contribution is 2.30. The summed E-state index contributed by atoms with van der Waals surface area (Å²) in [5, 5.41) is 0. The molecule has 1 aromatic carbocycles. The summed E-state index contributed by atoms with van der Waals surface area (Å²) in [7, 11) is 1.45. The van der Waals surface area contributed by atoms with Gasteiger partial charge in [-0.1, -0.05) is 12.5 Å². The van der Waals surface area contributed by atoms with Gasteiger partial charge in [0.1, 0.15) is 0 Å². The van der Waals surface area contributed by atoms with Crippen molar-refractivity contribution in [2.45, 2.75) is 38.5 Å². The van der Waals surface area contributed by atoms with E-state index in [0.717, 1.165) is 25.1 Å². The van der Waals surface area contributed by atoms with Crippen LogP contribution in [0.5, 0.6) is 11.5 Å². The van der Waals surface area contributed by atoms with Crippen LogP contribution >= 0.6 is 12.4 Å². The molecule has 1 atom stereocenters. The zero-order chi connectivity index (χ0) is 15.2. The molecule has 0 saturated carbocycles. The summed E-state index contributed by atoms with van der Waals surface area (Å²) in [5.74, 6) is 0.388. The molecule has 1 unspecified atom stereocenters. The largest absolute Gasteiger partial charge is 0.493 e. The van der Waals surface area contributed by atoms with Gasteiger partial charge in [0, 0.05) is 19.1 Å². The molecular formula is C15H23ClF2N2O2. The van der Waals surface area contributed by atoms with E-state index in [9.17, 15) is 8.78 Å². The number of likely N-dealkylation sites (tertiary alicyclic amines) is 1. The van der Waals surface area contributed by atoms with Gasteiger partial charge in [-0.05, 0) is 37.1 Å². The van der Waals surface area contributed by atoms with Crippen LogP contribution in [0.3, 0.4) is 0 Å². The molecule has 0 radical (unpaired) electrons. The average Bonchev–Trinajstić information content (AvgIpc) is 2.49. The zero-order valence-electron chi connectivity index (χ0n) is 12.6. The van der Waals surface area contributed by atoms with Crippen molar-refractivity contribution in [1.82, 2.24) is 4.90 Å². The Balaban J connectivity index is 0.00000242. The topological polar surface area (TPSA) is 47.7 Å². The van der Waals surface area contributed by atoms with Gasteiger partial charge in [-0.3, -0.25) is 4.90 Å². The van der Waals surface area contributed by atoms with E-state index in [2.05, 4.69) is 9.64 Å². The Bertz CT molecular complexity index is 463. The Hall–Kier alpha value is -1.11. The summed E-state index contributed by atoms with van der Waals surface area (Å²) in [6, 6.07) is 5.46. The first-order chi connectivity index (χ1) is 10.1. The molecule has 0 amide bonds. The van der Waals surface area contributed by atoms with Crippen LogP contribution < -0.4 is 15.2 Å². The number of benzene rings is 1. The van der Waals surface area contributed by atoms with Crippen LogP contribution in [0.4, 0.5) is 8.78 Å². The third-order valence-corrected chi connectivity index (χ3v) is 3.85. The average molecular weight is 337 g/mol. The number of halogens is 3. The van der Waals surface area contributed by atoms with Gasteiger partial charge in [-0.25, -0.2) is 0 Å². The van der Waals surface area contributed by atoms with Gasteiger partial charge in [0.2, 0.25) is 0 Å². The first kappa shape index (κ1) is 18.9. The molecule has 1 saturated heterocycles. The molecule has 1 fully saturated rings. The second kappa shape index (κ2) is 9.12. The third-order valence-electron chi connectivity index (χ3n) is 3.85. The number of nitrogens with zero attached hydrogens (tertiary/aromatic N) is 1. The van der Waals surface area contributed by atoms with E-state index in [-0.39, 0.29) is 18.2 Å². The van der Waals surface area contributed by atoms with E-state index >= 15 is 0 Å². The highest BCUT2D eigenvalue weighted by atomic mass is 35.5. The van der Waals surface area contributed by atoms with E-state index in [0.29, 0.717) is 18.3 Å². The maximum absolute atomic E-state index is 12.3. The van der Waals surface area contributed by atoms with Crippen LogP contribution in [-0.2, 0) is 6.54 Å². The third kappa shape index (κ3) is 4.97. The quantitative estimate of drug-likeness (QED) is 0.867. The van der Waals surface area contributed by atoms with Gasteiger partial charge in [0.25, 0.3) is 0 Å². The molecule has 2 N–H and O–H groups in total. The molecule has 1 aliphatic heterocycles. The fraction of sp³-hybridized carbons (Fsp3) is 0.600. The molecule has 1 aliphatic rings. The molecule has 22 heavy (non-hydrogen) atoms. The summed E-state index contributed by atoms with van der Waals surface area (Å²) < 4.78 is 34.2. The van der Waals surface area contributed by atoms with Crippen LogP contribution in [0.2, 0.25) is 0 Å². The second-order valence-corrected chi connectivity index (χ2v) is 5.22. The van der Waals surface area contributed by atoms with E-state index in [1.807, 2.05) is 0 Å². The van der Waals surface area contributed by atoms with Gasteiger partial charge in [0.15, 0.2) is 11.5 Å². The Morgan fingerprint density at radius 3 is 2.73 bits per heavy atom. The monoisotopic (exact) mass is 336 g/mol. The normalized spacial score (nSPS) is 18.9. The lowest BCUT2D eigenvalue weighted by Gasteiger charge is -2.35. The molecule has 1 aromatic rings. The van der Waals surface area contributed by atoms with Crippen molar-refractivity contribution in [3.8, 4) is 11.5 Å². The molecular weight excluding hydrogens is 314 g/mol. The van der Waals surface area contributed by atoms with Crippen molar-refractivity contribution in [2.24, 2.45) is 5.73 Å². The lowest BCUT2D eigenvalue weighted by Crippen LogP contribution is -2.43. The van der Waals surface area contributed by atoms with E-state index in [4.69, 9.17) is 10.5 Å². The Morgan fingerprint density at radius 2 is 2.09 bits per heavy atom. The minimum Gasteiger partial charge on any atom is -0.493 e. The fourth-order valence-electron chi connectivity index (χ4n) is 2.77. The molecule has 1 heterocycles. The van der Waals surface area contributed by atoms with Crippen molar-refractivity contribution < 1.29 is 18.3 Å². The van der Waals surface area contributed by atoms with Crippen molar-refractivity contribution in [3.05, 3.63) is 23.8 Å². The molecule has 0 spiro atoms. The predicted molar refractivity (Wildman–Crippen MR) is 84.0 cm³/mol. The second-order valence-electron chi connectivity index (χ2n) is 5.22. The van der Waals surface area contributed by atoms with Gasteiger partial charge < -0.3 is 15.2 Å². The summed E-state index contributed by atoms with van der Waals surface area (Å²) in [6.45, 7) is -0.454. The van der Waals surface area contributed by atoms with Crippen molar-refractivity contribution >= 4 is 12.4 Å². The van der Waals surface area contributed by atoms with Crippen molar-refractivity contribution in [3.63, 3.8) is 0 Å². The molecule has 0 bridgehead atoms. The van der Waals surface area contributed by atoms with E-state index < -0.39 is 6.61 Å². The smallest absolute Gasteiger partial charge is 0.387 e. The predicted octanol–water partition coefficient (Wildman–Crippen LogP) is 3.03. The van der Waals surface area contributed by atoms with Crippen LogP contribution in [0.1, 0.15) is 24.8 Å². The van der Waals surface area contributed by atoms with E-state index in [1.165, 1.54) is 26.0 Å². The van der Waals surface area contributed by atoms with Crippen LogP contribution in [0, 0.1) is 0 Å². The minimum absolute atomic E-state index is 0. The molecule has 126 valence electrons. The number of methoxy groups -OCH3 is 1. The highest BCUT2D eigenvalue weighted by molar-refractivity contribution is 5.85. The molecule has 0 aliphatic carbocycles. The molecule has 2 rings (SSSR count). The minimum atomic E-state index is -2.85. The highest BCUT2D eigenvalue weighted by Gasteiger charge is 2.21. The maximum Gasteiger partial charge on any atom is 0.387 e. The van der Waals surface area contributed by atoms with Gasteiger partial charge in [-0.15, -0.1) is 12.4 Å². The lowest BCUT2D eigenvalue weighted by molar-refractivity contribution is -0.0512. The Morgan fingerprint density at radius 1 is 1.32 bits per heavy atom. The van der Waals surface area contributed by atoms with Gasteiger partial charge in [0.05, 0.1) is 7.11 Å². The lowest BCUT2D eigenvalue weighted by atomic mass is 10.0. The number of alkyl halides is 2. The number of hydrogen-bond acceptors (Lipinski definition) is 4. The fourth-order valence-corrected chi connectivity index (χ4v) is 2.77. The van der Waals surface area contributed by atoms with Crippen LogP contribution in [0.25, 0.3) is 0 Å². The van der Waals surface area contributed by atoms with Crippen LogP contribution in [-0.4, -0.2) is 37.8 Å². The number of piperidine rings is 1. The number of rotatable bonds is 6. The summed E-state index contributed by atoms with van der Waals surface area (Å²) >= 11 is 0. The number of nitrogens with two attached hydrogens (primary N) is 1.